The van der Waals surface area contributed by atoms with Gasteiger partial charge in [-0.2, -0.15) is 0 Å². The van der Waals surface area contributed by atoms with E-state index in [1.807, 2.05) is 6.07 Å². The topological polar surface area (TPSA) is 96.7 Å². The van der Waals surface area contributed by atoms with Crippen LogP contribution in [0.4, 0.5) is 11.4 Å². The fourth-order valence-corrected chi connectivity index (χ4v) is 3.26. The monoisotopic (exact) mass is 362 g/mol. The van der Waals surface area contributed by atoms with E-state index in [1.54, 1.807) is 29.2 Å². The molecule has 0 saturated heterocycles. The maximum absolute atomic E-state index is 12.5. The smallest absolute Gasteiger partial charge is 0.293 e. The number of hydrogen-bond donors (Lipinski definition) is 1. The second-order valence-corrected chi connectivity index (χ2v) is 8.22. The van der Waals surface area contributed by atoms with Crippen LogP contribution in [0.5, 0.6) is 0 Å². The van der Waals surface area contributed by atoms with Crippen LogP contribution in [0.3, 0.4) is 0 Å². The molecule has 0 saturated carbocycles. The molecule has 1 N–H and O–H groups in total. The van der Waals surface area contributed by atoms with Crippen molar-refractivity contribution >= 4 is 33.0 Å². The molecule has 132 valence electrons. The summed E-state index contributed by atoms with van der Waals surface area (Å²) < 4.78 is 27.4. The molecule has 2 heterocycles. The second-order valence-electron chi connectivity index (χ2n) is 5.96. The molecule has 0 fully saturated rings. The van der Waals surface area contributed by atoms with Crippen molar-refractivity contribution in [3.05, 3.63) is 47.9 Å². The van der Waals surface area contributed by atoms with Crippen molar-refractivity contribution in [3.63, 3.8) is 0 Å². The Bertz CT molecular complexity index is 903. The number of rotatable bonds is 5. The molecule has 0 unspecified atom stereocenters. The van der Waals surface area contributed by atoms with Crippen LogP contribution in [0.2, 0.25) is 0 Å². The Morgan fingerprint density at radius 2 is 2.08 bits per heavy atom. The molecule has 2 aromatic rings. The van der Waals surface area contributed by atoms with Gasteiger partial charge in [-0.15, -0.1) is 0 Å². The predicted molar refractivity (Wildman–Crippen MR) is 93.5 cm³/mol. The quantitative estimate of drug-likeness (QED) is 0.876. The summed E-state index contributed by atoms with van der Waals surface area (Å²) in [5.41, 5.74) is 2.26. The number of carbonyl (C=O) groups excluding carboxylic acids is 2. The zero-order chi connectivity index (χ0) is 18.0. The second kappa shape index (κ2) is 6.72. The standard InChI is InChI=1S/C17H18N2O5S/c1-25(22,23)10-7-16(20)18-13-5-4-12-6-8-19(14(12)11-13)17(21)15-3-2-9-24-15/h2-5,9,11H,6-8,10H2,1H3,(H,18,20). The molecule has 7 nitrogen and oxygen atoms in total. The lowest BCUT2D eigenvalue weighted by Crippen LogP contribution is -2.28. The minimum Gasteiger partial charge on any atom is -0.459 e. The van der Waals surface area contributed by atoms with Gasteiger partial charge < -0.3 is 14.6 Å². The van der Waals surface area contributed by atoms with Crippen LogP contribution in [-0.2, 0) is 21.1 Å². The third-order valence-corrected chi connectivity index (χ3v) is 4.89. The van der Waals surface area contributed by atoms with Gasteiger partial charge in [0.25, 0.3) is 5.91 Å². The molecule has 1 aliphatic heterocycles. The summed E-state index contributed by atoms with van der Waals surface area (Å²) in [6.07, 6.45) is 3.16. The molecular formula is C17H18N2O5S. The van der Waals surface area contributed by atoms with E-state index in [2.05, 4.69) is 5.32 Å². The molecular weight excluding hydrogens is 344 g/mol. The van der Waals surface area contributed by atoms with Gasteiger partial charge in [-0.05, 0) is 36.2 Å². The highest BCUT2D eigenvalue weighted by molar-refractivity contribution is 7.90. The first-order chi connectivity index (χ1) is 11.8. The van der Waals surface area contributed by atoms with Crippen LogP contribution in [-0.4, -0.2) is 38.8 Å². The van der Waals surface area contributed by atoms with Gasteiger partial charge in [0.15, 0.2) is 5.76 Å². The number of amides is 2. The van der Waals surface area contributed by atoms with Crippen LogP contribution in [0.25, 0.3) is 0 Å². The van der Waals surface area contributed by atoms with Crippen LogP contribution in [0.1, 0.15) is 22.5 Å². The molecule has 1 aliphatic rings. The molecule has 0 atom stereocenters. The van der Waals surface area contributed by atoms with Crippen LogP contribution in [0, 0.1) is 0 Å². The molecule has 0 bridgehead atoms. The third kappa shape index (κ3) is 4.08. The molecule has 0 spiro atoms. The summed E-state index contributed by atoms with van der Waals surface area (Å²) >= 11 is 0. The Morgan fingerprint density at radius 3 is 2.76 bits per heavy atom. The minimum absolute atomic E-state index is 0.106. The summed E-state index contributed by atoms with van der Waals surface area (Å²) in [5.74, 6) is -0.556. The fourth-order valence-electron chi connectivity index (χ4n) is 2.70. The zero-order valence-electron chi connectivity index (χ0n) is 13.7. The first-order valence-electron chi connectivity index (χ1n) is 7.79. The molecule has 2 amide bonds. The minimum atomic E-state index is -3.19. The number of hydrogen-bond acceptors (Lipinski definition) is 5. The van der Waals surface area contributed by atoms with Crippen molar-refractivity contribution in [2.24, 2.45) is 0 Å². The number of furan rings is 1. The summed E-state index contributed by atoms with van der Waals surface area (Å²) in [6.45, 7) is 0.542. The first-order valence-corrected chi connectivity index (χ1v) is 9.85. The Morgan fingerprint density at radius 1 is 1.28 bits per heavy atom. The average Bonchev–Trinajstić information content (AvgIpc) is 3.21. The molecule has 8 heteroatoms. The maximum Gasteiger partial charge on any atom is 0.293 e. The summed E-state index contributed by atoms with van der Waals surface area (Å²) in [5, 5.41) is 2.67. The zero-order valence-corrected chi connectivity index (χ0v) is 14.5. The van der Waals surface area contributed by atoms with E-state index in [-0.39, 0.29) is 29.7 Å². The van der Waals surface area contributed by atoms with Crippen molar-refractivity contribution in [3.8, 4) is 0 Å². The Hall–Kier alpha value is -2.61. The van der Waals surface area contributed by atoms with E-state index in [0.29, 0.717) is 12.2 Å². The largest absolute Gasteiger partial charge is 0.459 e. The first kappa shape index (κ1) is 17.2. The summed E-state index contributed by atoms with van der Waals surface area (Å²) in [7, 11) is -3.19. The molecule has 25 heavy (non-hydrogen) atoms. The number of sulfone groups is 1. The number of nitrogens with zero attached hydrogens (tertiary/aromatic N) is 1. The van der Waals surface area contributed by atoms with Crippen molar-refractivity contribution in [1.82, 2.24) is 0 Å². The van der Waals surface area contributed by atoms with Gasteiger partial charge in [0.1, 0.15) is 9.84 Å². The molecule has 1 aromatic heterocycles. The van der Waals surface area contributed by atoms with Crippen molar-refractivity contribution in [2.75, 3.05) is 28.8 Å². The lowest BCUT2D eigenvalue weighted by Gasteiger charge is -2.17. The Balaban J connectivity index is 1.74. The molecule has 0 radical (unpaired) electrons. The maximum atomic E-state index is 12.5. The Labute approximate surface area is 145 Å². The molecule has 1 aromatic carbocycles. The predicted octanol–water partition coefficient (Wildman–Crippen LogP) is 1.86. The number of fused-ring (bicyclic) bond motifs is 1. The van der Waals surface area contributed by atoms with Crippen molar-refractivity contribution in [2.45, 2.75) is 12.8 Å². The van der Waals surface area contributed by atoms with Gasteiger partial charge in [0.2, 0.25) is 5.91 Å². The third-order valence-electron chi connectivity index (χ3n) is 3.94. The SMILES string of the molecule is CS(=O)(=O)CCC(=O)Nc1ccc2c(c1)N(C(=O)c1ccco1)CC2. The number of carbonyl (C=O) groups is 2. The number of nitrogens with one attached hydrogen (secondary N) is 1. The normalized spacial score (nSPS) is 13.6. The van der Waals surface area contributed by atoms with E-state index >= 15 is 0 Å². The number of anilines is 2. The van der Waals surface area contributed by atoms with E-state index in [0.717, 1.165) is 23.9 Å². The van der Waals surface area contributed by atoms with E-state index in [9.17, 15) is 18.0 Å². The molecule has 0 aliphatic carbocycles. The number of benzene rings is 1. The Kier molecular flexibility index (Phi) is 4.63. The summed E-state index contributed by atoms with van der Waals surface area (Å²) in [4.78, 5) is 26.0. The lowest BCUT2D eigenvalue weighted by atomic mass is 10.1. The van der Waals surface area contributed by atoms with Gasteiger partial charge in [0, 0.05) is 30.6 Å². The van der Waals surface area contributed by atoms with Gasteiger partial charge in [0.05, 0.1) is 12.0 Å². The van der Waals surface area contributed by atoms with E-state index in [4.69, 9.17) is 4.42 Å². The highest BCUT2D eigenvalue weighted by atomic mass is 32.2. The van der Waals surface area contributed by atoms with Crippen LogP contribution >= 0.6 is 0 Å². The average molecular weight is 362 g/mol. The van der Waals surface area contributed by atoms with Gasteiger partial charge >= 0.3 is 0 Å². The fraction of sp³-hybridized carbons (Fsp3) is 0.294. The van der Waals surface area contributed by atoms with Crippen molar-refractivity contribution in [1.29, 1.82) is 0 Å². The van der Waals surface area contributed by atoms with Gasteiger partial charge in [-0.3, -0.25) is 9.59 Å². The van der Waals surface area contributed by atoms with Crippen molar-refractivity contribution < 1.29 is 22.4 Å². The highest BCUT2D eigenvalue weighted by Gasteiger charge is 2.27. The van der Waals surface area contributed by atoms with E-state index < -0.39 is 9.84 Å². The lowest BCUT2D eigenvalue weighted by molar-refractivity contribution is -0.115. The van der Waals surface area contributed by atoms with Crippen LogP contribution < -0.4 is 10.2 Å². The highest BCUT2D eigenvalue weighted by Crippen LogP contribution is 2.32. The van der Waals surface area contributed by atoms with Gasteiger partial charge in [-0.1, -0.05) is 6.07 Å². The van der Waals surface area contributed by atoms with Crippen LogP contribution in [0.15, 0.2) is 41.0 Å². The summed E-state index contributed by atoms with van der Waals surface area (Å²) in [6, 6.07) is 8.59. The van der Waals surface area contributed by atoms with E-state index in [1.165, 1.54) is 6.26 Å². The van der Waals surface area contributed by atoms with Gasteiger partial charge in [-0.25, -0.2) is 8.42 Å². The molecule has 3 rings (SSSR count).